The maximum Gasteiger partial charge on any atom is 0.191 e. The Bertz CT molecular complexity index is 1070. The van der Waals surface area contributed by atoms with Crippen molar-refractivity contribution >= 4 is 35.8 Å². The highest BCUT2D eigenvalue weighted by Crippen LogP contribution is 2.22. The molecule has 33 heavy (non-hydrogen) atoms. The summed E-state index contributed by atoms with van der Waals surface area (Å²) in [6.07, 6.45) is 2.83. The Labute approximate surface area is 210 Å². The molecule has 0 aliphatic carbocycles. The number of nitriles is 1. The molecule has 10 heteroatoms. The van der Waals surface area contributed by atoms with Gasteiger partial charge in [-0.15, -0.1) is 24.0 Å². The van der Waals surface area contributed by atoms with E-state index in [9.17, 15) is 10.4 Å². The lowest BCUT2D eigenvalue weighted by molar-refractivity contribution is 0.0437. The average molecular weight is 563 g/mol. The van der Waals surface area contributed by atoms with Gasteiger partial charge in [0.1, 0.15) is 28.8 Å². The molecule has 0 bridgehead atoms. The second kappa shape index (κ2) is 12.3. The zero-order chi connectivity index (χ0) is 23.0. The molecule has 0 radical (unpaired) electrons. The number of aliphatic imine (C=N–C) groups is 1. The lowest BCUT2D eigenvalue weighted by atomic mass is 10.0. The Morgan fingerprint density at radius 1 is 1.27 bits per heavy atom. The van der Waals surface area contributed by atoms with Crippen LogP contribution in [0.4, 0.5) is 5.82 Å². The molecule has 5 N–H and O–H groups in total. The summed E-state index contributed by atoms with van der Waals surface area (Å²) in [6.45, 7) is 5.07. The van der Waals surface area contributed by atoms with Crippen molar-refractivity contribution in [1.29, 1.82) is 5.26 Å². The summed E-state index contributed by atoms with van der Waals surface area (Å²) in [7, 11) is 0. The number of guanidine groups is 1. The third-order valence-electron chi connectivity index (χ3n) is 4.93. The summed E-state index contributed by atoms with van der Waals surface area (Å²) in [5, 5.41) is 31.1. The number of hydrogen-bond acceptors (Lipinski definition) is 6. The van der Waals surface area contributed by atoms with Gasteiger partial charge in [-0.05, 0) is 51.0 Å². The van der Waals surface area contributed by atoms with E-state index in [0.29, 0.717) is 48.3 Å². The van der Waals surface area contributed by atoms with Crippen LogP contribution in [0.3, 0.4) is 0 Å². The van der Waals surface area contributed by atoms with Gasteiger partial charge in [-0.25, -0.2) is 9.67 Å². The van der Waals surface area contributed by atoms with Crippen molar-refractivity contribution in [1.82, 2.24) is 20.4 Å². The van der Waals surface area contributed by atoms with Gasteiger partial charge in [0.2, 0.25) is 0 Å². The number of aryl methyl sites for hydroxylation is 1. The van der Waals surface area contributed by atoms with Crippen LogP contribution in [-0.2, 0) is 12.0 Å². The Hall–Kier alpha value is -3.04. The minimum Gasteiger partial charge on any atom is -0.466 e. The fourth-order valence-corrected chi connectivity index (χ4v) is 3.24. The number of nitrogens with two attached hydrogens (primary N) is 1. The number of rotatable bonds is 9. The van der Waals surface area contributed by atoms with Gasteiger partial charge in [-0.2, -0.15) is 10.4 Å². The summed E-state index contributed by atoms with van der Waals surface area (Å²) in [5.74, 6) is 1.40. The van der Waals surface area contributed by atoms with Gasteiger partial charge in [0, 0.05) is 13.1 Å². The predicted molar refractivity (Wildman–Crippen MR) is 139 cm³/mol. The van der Waals surface area contributed by atoms with E-state index in [4.69, 9.17) is 10.2 Å². The second-order valence-corrected chi connectivity index (χ2v) is 7.54. The number of anilines is 1. The van der Waals surface area contributed by atoms with Crippen LogP contribution in [0.1, 0.15) is 37.3 Å². The van der Waals surface area contributed by atoms with E-state index in [1.165, 1.54) is 6.26 Å². The second-order valence-electron chi connectivity index (χ2n) is 7.54. The van der Waals surface area contributed by atoms with E-state index < -0.39 is 5.60 Å². The van der Waals surface area contributed by atoms with Crippen LogP contribution < -0.4 is 16.4 Å². The topological polar surface area (TPSA) is 137 Å². The smallest absolute Gasteiger partial charge is 0.191 e. The molecule has 2 aromatic heterocycles. The number of aliphatic hydroxyl groups is 1. The quantitative estimate of drug-likeness (QED) is 0.136. The van der Waals surface area contributed by atoms with Gasteiger partial charge in [0.15, 0.2) is 5.96 Å². The summed E-state index contributed by atoms with van der Waals surface area (Å²) >= 11 is 0. The number of nitrogen functional groups attached to an aromatic ring is 1. The monoisotopic (exact) mass is 563 g/mol. The van der Waals surface area contributed by atoms with E-state index in [0.717, 1.165) is 12.1 Å². The third-order valence-corrected chi connectivity index (χ3v) is 4.93. The van der Waals surface area contributed by atoms with Crippen LogP contribution in [0.15, 0.2) is 58.1 Å². The van der Waals surface area contributed by atoms with Crippen molar-refractivity contribution in [2.24, 2.45) is 4.99 Å². The highest BCUT2D eigenvalue weighted by Gasteiger charge is 2.26. The first-order chi connectivity index (χ1) is 15.5. The molecule has 176 valence electrons. The minimum atomic E-state index is -1.20. The first kappa shape index (κ1) is 26.2. The van der Waals surface area contributed by atoms with Crippen LogP contribution >= 0.6 is 24.0 Å². The molecule has 1 atom stereocenters. The number of para-hydroxylation sites is 1. The number of furan rings is 1. The Balaban J connectivity index is 0.00000385. The number of aromatic nitrogens is 2. The van der Waals surface area contributed by atoms with E-state index in [1.54, 1.807) is 23.7 Å². The van der Waals surface area contributed by atoms with Gasteiger partial charge in [0.05, 0.1) is 24.2 Å². The molecule has 0 saturated carbocycles. The van der Waals surface area contributed by atoms with Crippen LogP contribution in [0, 0.1) is 11.3 Å². The number of benzene rings is 1. The van der Waals surface area contributed by atoms with Crippen molar-refractivity contribution in [3.05, 3.63) is 65.7 Å². The van der Waals surface area contributed by atoms with Crippen LogP contribution in [0.25, 0.3) is 5.69 Å². The summed E-state index contributed by atoms with van der Waals surface area (Å²) in [4.78, 5) is 4.47. The highest BCUT2D eigenvalue weighted by atomic mass is 127. The molecule has 3 aromatic rings. The lowest BCUT2D eigenvalue weighted by Crippen LogP contribution is -2.39. The Morgan fingerprint density at radius 2 is 2.03 bits per heavy atom. The normalized spacial score (nSPS) is 13.0. The molecule has 1 aromatic carbocycles. The maximum atomic E-state index is 10.6. The van der Waals surface area contributed by atoms with E-state index >= 15 is 0 Å². The SMILES string of the molecule is CCNC(=NCC(C)(O)c1ccco1)NCCCc1nn(-c2ccccc2)c(N)c1C#N.I. The fourth-order valence-electron chi connectivity index (χ4n) is 3.24. The van der Waals surface area contributed by atoms with Crippen molar-refractivity contribution in [2.45, 2.75) is 32.3 Å². The molecule has 9 nitrogen and oxygen atoms in total. The van der Waals surface area contributed by atoms with Crippen LogP contribution in [-0.4, -0.2) is 40.5 Å². The van der Waals surface area contributed by atoms with Crippen molar-refractivity contribution in [2.75, 3.05) is 25.4 Å². The molecule has 2 heterocycles. The molecule has 0 aliphatic rings. The van der Waals surface area contributed by atoms with Crippen molar-refractivity contribution in [3.63, 3.8) is 0 Å². The summed E-state index contributed by atoms with van der Waals surface area (Å²) in [6, 6.07) is 15.1. The number of nitrogens with one attached hydrogen (secondary N) is 2. The summed E-state index contributed by atoms with van der Waals surface area (Å²) < 4.78 is 6.90. The van der Waals surface area contributed by atoms with Crippen LogP contribution in [0.5, 0.6) is 0 Å². The standard InChI is InChI=1S/C23H29N7O2.HI/c1-3-26-22(28-16-23(2,31)20-12-8-14-32-20)27-13-7-11-19-18(15-24)21(25)30(29-19)17-9-5-4-6-10-17;/h4-6,8-10,12,14,31H,3,7,11,13,16,25H2,1-2H3,(H2,26,27,28);1H. The number of hydrogen-bond donors (Lipinski definition) is 4. The Kier molecular flexibility index (Phi) is 9.74. The Morgan fingerprint density at radius 3 is 2.67 bits per heavy atom. The molecule has 0 aliphatic heterocycles. The fraction of sp³-hybridized carbons (Fsp3) is 0.348. The molecule has 1 unspecified atom stereocenters. The largest absolute Gasteiger partial charge is 0.466 e. The summed E-state index contributed by atoms with van der Waals surface area (Å²) in [5.41, 5.74) is 6.85. The first-order valence-electron chi connectivity index (χ1n) is 10.6. The van der Waals surface area contributed by atoms with E-state index in [-0.39, 0.29) is 30.5 Å². The first-order valence-corrected chi connectivity index (χ1v) is 10.6. The molecular weight excluding hydrogens is 533 g/mol. The zero-order valence-electron chi connectivity index (χ0n) is 18.8. The predicted octanol–water partition coefficient (Wildman–Crippen LogP) is 2.93. The van der Waals surface area contributed by atoms with Crippen molar-refractivity contribution in [3.8, 4) is 11.8 Å². The van der Waals surface area contributed by atoms with Crippen molar-refractivity contribution < 1.29 is 9.52 Å². The molecule has 0 spiro atoms. The maximum absolute atomic E-state index is 10.6. The van der Waals surface area contributed by atoms with Gasteiger partial charge in [-0.3, -0.25) is 0 Å². The van der Waals surface area contributed by atoms with Gasteiger partial charge < -0.3 is 25.9 Å². The van der Waals surface area contributed by atoms with E-state index in [2.05, 4.69) is 26.8 Å². The van der Waals surface area contributed by atoms with Gasteiger partial charge >= 0.3 is 0 Å². The molecule has 0 fully saturated rings. The molecule has 3 rings (SSSR count). The molecular formula is C23H30IN7O2. The number of halogens is 1. The van der Waals surface area contributed by atoms with Crippen LogP contribution in [0.2, 0.25) is 0 Å². The molecule has 0 saturated heterocycles. The lowest BCUT2D eigenvalue weighted by Gasteiger charge is -2.19. The van der Waals surface area contributed by atoms with E-state index in [1.807, 2.05) is 37.3 Å². The average Bonchev–Trinajstić information content (AvgIpc) is 3.44. The van der Waals surface area contributed by atoms with Gasteiger partial charge in [0.25, 0.3) is 0 Å². The third kappa shape index (κ3) is 6.72. The highest BCUT2D eigenvalue weighted by molar-refractivity contribution is 14.0. The number of nitrogens with zero attached hydrogens (tertiary/aromatic N) is 4. The molecule has 0 amide bonds. The minimum absolute atomic E-state index is 0. The zero-order valence-corrected chi connectivity index (χ0v) is 21.1. The van der Waals surface area contributed by atoms with Gasteiger partial charge in [-0.1, -0.05) is 18.2 Å².